The predicted octanol–water partition coefficient (Wildman–Crippen LogP) is 2.04. The first-order valence-corrected chi connectivity index (χ1v) is 7.28. The molecule has 3 heterocycles. The van der Waals surface area contributed by atoms with Gasteiger partial charge in [-0.25, -0.2) is 0 Å². The molecule has 1 aliphatic rings. The molecule has 2 aromatic heterocycles. The minimum atomic E-state index is -0.591. The zero-order valence-corrected chi connectivity index (χ0v) is 12.2. The molecule has 20 heavy (non-hydrogen) atoms. The van der Waals surface area contributed by atoms with Gasteiger partial charge in [0, 0.05) is 13.0 Å². The predicted molar refractivity (Wildman–Crippen MR) is 72.8 cm³/mol. The Morgan fingerprint density at radius 1 is 1.60 bits per heavy atom. The maximum atomic E-state index is 12.5. The number of carbonyl (C=O) groups excluding carboxylic acids is 1. The number of aliphatic hydroxyl groups is 1. The van der Waals surface area contributed by atoms with Crippen LogP contribution < -0.4 is 0 Å². The zero-order valence-electron chi connectivity index (χ0n) is 10.6. The summed E-state index contributed by atoms with van der Waals surface area (Å²) in [5.41, 5.74) is 0. The summed E-state index contributed by atoms with van der Waals surface area (Å²) in [6.45, 7) is 1.96. The molecule has 0 aromatic carbocycles. The highest BCUT2D eigenvalue weighted by atomic mass is 35.5. The van der Waals surface area contributed by atoms with Crippen LogP contribution in [0, 0.1) is 6.92 Å². The molecule has 0 bridgehead atoms. The molecule has 8 heteroatoms. The molecule has 1 amide bonds. The molecule has 2 atom stereocenters. The van der Waals surface area contributed by atoms with Gasteiger partial charge in [-0.05, 0) is 19.1 Å². The van der Waals surface area contributed by atoms with E-state index in [4.69, 9.17) is 16.1 Å². The number of amides is 1. The second kappa shape index (κ2) is 5.16. The Morgan fingerprint density at radius 3 is 3.00 bits per heavy atom. The monoisotopic (exact) mass is 313 g/mol. The van der Waals surface area contributed by atoms with Crippen molar-refractivity contribution in [3.05, 3.63) is 33.1 Å². The van der Waals surface area contributed by atoms with Crippen LogP contribution in [0.1, 0.15) is 33.8 Å². The van der Waals surface area contributed by atoms with Crippen molar-refractivity contribution in [3.8, 4) is 0 Å². The van der Waals surface area contributed by atoms with E-state index in [1.165, 1.54) is 11.3 Å². The summed E-state index contributed by atoms with van der Waals surface area (Å²) in [5, 5.41) is 13.6. The van der Waals surface area contributed by atoms with E-state index in [2.05, 4.69) is 10.1 Å². The molecular formula is C12H12ClN3O3S. The quantitative estimate of drug-likeness (QED) is 0.917. The number of aromatic nitrogens is 2. The Balaban J connectivity index is 1.88. The van der Waals surface area contributed by atoms with E-state index < -0.39 is 6.10 Å². The van der Waals surface area contributed by atoms with Gasteiger partial charge in [-0.15, -0.1) is 11.3 Å². The Bertz CT molecular complexity index is 641. The third-order valence-corrected chi connectivity index (χ3v) is 4.37. The van der Waals surface area contributed by atoms with Gasteiger partial charge in [-0.1, -0.05) is 16.8 Å². The first kappa shape index (κ1) is 13.5. The van der Waals surface area contributed by atoms with Crippen molar-refractivity contribution in [1.29, 1.82) is 0 Å². The van der Waals surface area contributed by atoms with Crippen LogP contribution in [-0.2, 0) is 0 Å². The van der Waals surface area contributed by atoms with E-state index in [0.717, 1.165) is 0 Å². The van der Waals surface area contributed by atoms with E-state index >= 15 is 0 Å². The Morgan fingerprint density at radius 2 is 2.40 bits per heavy atom. The number of nitrogens with zero attached hydrogens (tertiary/aromatic N) is 3. The van der Waals surface area contributed by atoms with E-state index in [0.29, 0.717) is 27.3 Å². The van der Waals surface area contributed by atoms with Gasteiger partial charge in [0.15, 0.2) is 5.82 Å². The fourth-order valence-corrected chi connectivity index (χ4v) is 3.29. The van der Waals surface area contributed by atoms with Gasteiger partial charge < -0.3 is 14.5 Å². The third kappa shape index (κ3) is 2.44. The molecule has 3 rings (SSSR count). The van der Waals surface area contributed by atoms with E-state index in [9.17, 15) is 9.90 Å². The van der Waals surface area contributed by atoms with Crippen LogP contribution in [0.15, 0.2) is 16.7 Å². The van der Waals surface area contributed by atoms with Gasteiger partial charge in [0.25, 0.3) is 5.91 Å². The summed E-state index contributed by atoms with van der Waals surface area (Å²) in [7, 11) is 0. The van der Waals surface area contributed by atoms with Crippen LogP contribution in [-0.4, -0.2) is 38.7 Å². The molecular weight excluding hydrogens is 302 g/mol. The van der Waals surface area contributed by atoms with Crippen molar-refractivity contribution in [2.75, 3.05) is 6.54 Å². The van der Waals surface area contributed by atoms with Crippen LogP contribution in [0.5, 0.6) is 0 Å². The second-order valence-corrected chi connectivity index (χ2v) is 6.36. The lowest BCUT2D eigenvalue weighted by atomic mass is 10.2. The third-order valence-electron chi connectivity index (χ3n) is 3.15. The summed E-state index contributed by atoms with van der Waals surface area (Å²) in [5.74, 6) is 0.683. The highest BCUT2D eigenvalue weighted by molar-refractivity contribution is 7.17. The summed E-state index contributed by atoms with van der Waals surface area (Å²) < 4.78 is 5.68. The number of rotatable bonds is 2. The Labute approximate surface area is 124 Å². The van der Waals surface area contributed by atoms with Gasteiger partial charge in [0.2, 0.25) is 5.89 Å². The highest BCUT2D eigenvalue weighted by Crippen LogP contribution is 2.34. The average Bonchev–Trinajstić information content (AvgIpc) is 3.09. The van der Waals surface area contributed by atoms with Crippen LogP contribution in [0.4, 0.5) is 0 Å². The normalized spacial score (nSPS) is 22.4. The lowest BCUT2D eigenvalue weighted by Crippen LogP contribution is -2.31. The van der Waals surface area contributed by atoms with Crippen LogP contribution in [0.2, 0.25) is 4.34 Å². The fraction of sp³-hybridized carbons (Fsp3) is 0.417. The number of carbonyl (C=O) groups is 1. The van der Waals surface area contributed by atoms with Gasteiger partial charge in [0.05, 0.1) is 15.3 Å². The molecule has 0 aliphatic carbocycles. The minimum absolute atomic E-state index is 0.181. The number of β-amino-alcohol motifs (C(OH)–C–C–N with tert-alkyl or cyclic N) is 1. The molecule has 0 unspecified atom stereocenters. The number of aryl methyl sites for hydroxylation is 1. The maximum absolute atomic E-state index is 12.5. The maximum Gasteiger partial charge on any atom is 0.264 e. The molecule has 1 N–H and O–H groups in total. The number of thiophene rings is 1. The van der Waals surface area contributed by atoms with Crippen molar-refractivity contribution >= 4 is 28.8 Å². The van der Waals surface area contributed by atoms with Gasteiger partial charge in [-0.3, -0.25) is 4.79 Å². The van der Waals surface area contributed by atoms with Crippen LogP contribution >= 0.6 is 22.9 Å². The lowest BCUT2D eigenvalue weighted by Gasteiger charge is -2.20. The molecule has 0 spiro atoms. The van der Waals surface area contributed by atoms with Gasteiger partial charge >= 0.3 is 0 Å². The highest BCUT2D eigenvalue weighted by Gasteiger charge is 2.39. The summed E-state index contributed by atoms with van der Waals surface area (Å²) in [6.07, 6.45) is -0.196. The van der Waals surface area contributed by atoms with Crippen molar-refractivity contribution < 1.29 is 14.4 Å². The number of hydrogen-bond acceptors (Lipinski definition) is 6. The zero-order chi connectivity index (χ0) is 14.3. The van der Waals surface area contributed by atoms with Crippen molar-refractivity contribution in [3.63, 3.8) is 0 Å². The van der Waals surface area contributed by atoms with Crippen molar-refractivity contribution in [1.82, 2.24) is 15.0 Å². The number of hydrogen-bond donors (Lipinski definition) is 1. The van der Waals surface area contributed by atoms with Gasteiger partial charge in [0.1, 0.15) is 6.04 Å². The fourth-order valence-electron chi connectivity index (χ4n) is 2.29. The molecule has 2 aromatic rings. The van der Waals surface area contributed by atoms with Crippen molar-refractivity contribution in [2.24, 2.45) is 0 Å². The summed E-state index contributed by atoms with van der Waals surface area (Å²) in [4.78, 5) is 18.7. The molecule has 6 nitrogen and oxygen atoms in total. The minimum Gasteiger partial charge on any atom is -0.391 e. The largest absolute Gasteiger partial charge is 0.391 e. The molecule has 1 fully saturated rings. The standard InChI is InChI=1S/C12H12ClN3O3S/c1-6-14-11(19-15-6)8-4-7(17)5-16(8)12(18)9-2-3-10(13)20-9/h2-3,7-8,17H,4-5H2,1H3/t7-,8-/m1/s1. The van der Waals surface area contributed by atoms with E-state index in [1.54, 1.807) is 24.0 Å². The molecule has 0 saturated carbocycles. The average molecular weight is 314 g/mol. The first-order valence-electron chi connectivity index (χ1n) is 6.09. The smallest absolute Gasteiger partial charge is 0.264 e. The summed E-state index contributed by atoms with van der Waals surface area (Å²) >= 11 is 7.07. The summed E-state index contributed by atoms with van der Waals surface area (Å²) in [6, 6.07) is 2.97. The van der Waals surface area contributed by atoms with Crippen LogP contribution in [0.25, 0.3) is 0 Å². The lowest BCUT2D eigenvalue weighted by molar-refractivity contribution is 0.0698. The van der Waals surface area contributed by atoms with E-state index in [1.807, 2.05) is 0 Å². The first-order chi connectivity index (χ1) is 9.54. The van der Waals surface area contributed by atoms with Crippen molar-refractivity contribution in [2.45, 2.75) is 25.5 Å². The molecule has 1 aliphatic heterocycles. The van der Waals surface area contributed by atoms with E-state index in [-0.39, 0.29) is 18.5 Å². The Hall–Kier alpha value is -1.44. The number of halogens is 1. The molecule has 0 radical (unpaired) electrons. The van der Waals surface area contributed by atoms with Gasteiger partial charge in [-0.2, -0.15) is 4.98 Å². The SMILES string of the molecule is Cc1noc([C@H]2C[C@@H](O)CN2C(=O)c2ccc(Cl)s2)n1. The molecule has 1 saturated heterocycles. The van der Waals surface area contributed by atoms with Crippen LogP contribution in [0.3, 0.4) is 0 Å². The molecule has 106 valence electrons. The number of aliphatic hydroxyl groups excluding tert-OH is 1. The number of likely N-dealkylation sites (tertiary alicyclic amines) is 1. The second-order valence-electron chi connectivity index (χ2n) is 4.65. The Kier molecular flexibility index (Phi) is 3.49. The topological polar surface area (TPSA) is 79.5 Å².